The molecule has 0 bridgehead atoms. The molecule has 1 aromatic carbocycles. The number of hydrogen-bond acceptors (Lipinski definition) is 4. The third kappa shape index (κ3) is 4.01. The summed E-state index contributed by atoms with van der Waals surface area (Å²) in [6, 6.07) is 7.44. The van der Waals surface area contributed by atoms with Gasteiger partial charge in [-0.2, -0.15) is 0 Å². The molecule has 1 saturated carbocycles. The molecule has 6 nitrogen and oxygen atoms in total. The highest BCUT2D eigenvalue weighted by atomic mass is 35.5. The van der Waals surface area contributed by atoms with Crippen molar-refractivity contribution in [2.75, 3.05) is 26.2 Å². The third-order valence-electron chi connectivity index (χ3n) is 6.10. The average Bonchev–Trinajstić information content (AvgIpc) is 2.64. The van der Waals surface area contributed by atoms with Crippen LogP contribution in [0.25, 0.3) is 0 Å². The highest BCUT2D eigenvalue weighted by Gasteiger charge is 2.64. The Hall–Kier alpha value is -1.34. The molecule has 2 aliphatic rings. The standard InChI is InChI=1S/C20H28ClN3O3.ClH/c1-4-27-16-11-20(22,19(16,2)3)18(26)24-10-9-23(17(25)13-24)12-14-5-7-15(21)8-6-14;/h5-8,16H,4,9-13,22H2,1-3H3;1H. The predicted octanol–water partition coefficient (Wildman–Crippen LogP) is 2.47. The van der Waals surface area contributed by atoms with Crippen LogP contribution in [0.2, 0.25) is 5.02 Å². The molecule has 1 aliphatic heterocycles. The molecule has 2 unspecified atom stereocenters. The number of halogens is 2. The molecule has 3 rings (SSSR count). The molecule has 1 aromatic rings. The predicted molar refractivity (Wildman–Crippen MR) is 111 cm³/mol. The van der Waals surface area contributed by atoms with Crippen molar-refractivity contribution in [3.05, 3.63) is 34.9 Å². The van der Waals surface area contributed by atoms with Crippen LogP contribution in [0.1, 0.15) is 32.8 Å². The van der Waals surface area contributed by atoms with E-state index in [0.29, 0.717) is 37.7 Å². The van der Waals surface area contributed by atoms with Gasteiger partial charge in [-0.3, -0.25) is 9.59 Å². The summed E-state index contributed by atoms with van der Waals surface area (Å²) in [6.07, 6.45) is 0.463. The summed E-state index contributed by atoms with van der Waals surface area (Å²) < 4.78 is 5.70. The van der Waals surface area contributed by atoms with E-state index in [2.05, 4.69) is 0 Å². The Morgan fingerprint density at radius 3 is 2.46 bits per heavy atom. The number of carbonyl (C=O) groups excluding carboxylic acids is 2. The fraction of sp³-hybridized carbons (Fsp3) is 0.600. The molecule has 0 spiro atoms. The van der Waals surface area contributed by atoms with Crippen LogP contribution < -0.4 is 5.73 Å². The fourth-order valence-corrected chi connectivity index (χ4v) is 4.07. The Morgan fingerprint density at radius 2 is 1.93 bits per heavy atom. The summed E-state index contributed by atoms with van der Waals surface area (Å²) in [6.45, 7) is 8.05. The SMILES string of the molecule is CCOC1CC(N)(C(=O)N2CCN(Cc3ccc(Cl)cc3)C(=O)C2)C1(C)C.Cl. The molecule has 2 atom stereocenters. The van der Waals surface area contributed by atoms with Crippen LogP contribution in [0.4, 0.5) is 0 Å². The molecule has 2 N–H and O–H groups in total. The molecule has 0 radical (unpaired) electrons. The van der Waals surface area contributed by atoms with Crippen LogP contribution in [0, 0.1) is 5.41 Å². The Balaban J connectivity index is 0.00000280. The van der Waals surface area contributed by atoms with E-state index in [1.54, 1.807) is 9.80 Å². The van der Waals surface area contributed by atoms with E-state index in [0.717, 1.165) is 5.56 Å². The van der Waals surface area contributed by atoms with Gasteiger partial charge in [0.2, 0.25) is 11.8 Å². The summed E-state index contributed by atoms with van der Waals surface area (Å²) in [5, 5.41) is 0.669. The first-order valence-corrected chi connectivity index (χ1v) is 9.79. The largest absolute Gasteiger partial charge is 0.378 e. The lowest BCUT2D eigenvalue weighted by molar-refractivity contribution is -0.181. The molecular formula is C20H29Cl2N3O3. The molecule has 156 valence electrons. The second-order valence-corrected chi connectivity index (χ2v) is 8.45. The zero-order valence-electron chi connectivity index (χ0n) is 16.6. The summed E-state index contributed by atoms with van der Waals surface area (Å²) in [7, 11) is 0. The third-order valence-corrected chi connectivity index (χ3v) is 6.36. The number of nitrogens with zero attached hydrogens (tertiary/aromatic N) is 2. The van der Waals surface area contributed by atoms with Gasteiger partial charge >= 0.3 is 0 Å². The van der Waals surface area contributed by atoms with Crippen LogP contribution in [0.3, 0.4) is 0 Å². The molecule has 2 fully saturated rings. The van der Waals surface area contributed by atoms with Crippen molar-refractivity contribution in [1.29, 1.82) is 0 Å². The van der Waals surface area contributed by atoms with E-state index in [4.69, 9.17) is 22.1 Å². The molecule has 0 aromatic heterocycles. The Kier molecular flexibility index (Phi) is 7.03. The van der Waals surface area contributed by atoms with Gasteiger partial charge in [0.1, 0.15) is 5.54 Å². The smallest absolute Gasteiger partial charge is 0.243 e. The minimum Gasteiger partial charge on any atom is -0.378 e. The van der Waals surface area contributed by atoms with Gasteiger partial charge in [0.05, 0.1) is 12.6 Å². The van der Waals surface area contributed by atoms with Gasteiger partial charge in [-0.15, -0.1) is 12.4 Å². The zero-order chi connectivity index (χ0) is 19.8. The molecule has 28 heavy (non-hydrogen) atoms. The maximum Gasteiger partial charge on any atom is 0.243 e. The van der Waals surface area contributed by atoms with Crippen molar-refractivity contribution < 1.29 is 14.3 Å². The second-order valence-electron chi connectivity index (χ2n) is 8.01. The van der Waals surface area contributed by atoms with Crippen molar-refractivity contribution in [3.8, 4) is 0 Å². The van der Waals surface area contributed by atoms with Crippen molar-refractivity contribution in [2.24, 2.45) is 11.1 Å². The number of carbonyl (C=O) groups is 2. The number of benzene rings is 1. The number of piperazine rings is 1. The van der Waals surface area contributed by atoms with Gasteiger partial charge in [-0.05, 0) is 24.6 Å². The molecule has 1 heterocycles. The van der Waals surface area contributed by atoms with Gasteiger partial charge < -0.3 is 20.3 Å². The van der Waals surface area contributed by atoms with Crippen molar-refractivity contribution >= 4 is 35.8 Å². The fourth-order valence-electron chi connectivity index (χ4n) is 3.94. The van der Waals surface area contributed by atoms with Gasteiger partial charge in [0.25, 0.3) is 0 Å². The lowest BCUT2D eigenvalue weighted by atomic mass is 9.54. The first kappa shape index (κ1) is 22.9. The molecule has 8 heteroatoms. The second kappa shape index (κ2) is 8.57. The van der Waals surface area contributed by atoms with E-state index >= 15 is 0 Å². The highest BCUT2D eigenvalue weighted by molar-refractivity contribution is 6.30. The highest BCUT2D eigenvalue weighted by Crippen LogP contribution is 2.50. The lowest BCUT2D eigenvalue weighted by Gasteiger charge is -2.59. The summed E-state index contributed by atoms with van der Waals surface area (Å²) in [5.74, 6) is -0.213. The van der Waals surface area contributed by atoms with Crippen LogP contribution in [0.15, 0.2) is 24.3 Å². The number of nitrogens with two attached hydrogens (primary N) is 1. The number of hydrogen-bond donors (Lipinski definition) is 1. The van der Waals surface area contributed by atoms with Gasteiger partial charge in [0, 0.05) is 43.1 Å². The quantitative estimate of drug-likeness (QED) is 0.779. The lowest BCUT2D eigenvalue weighted by Crippen LogP contribution is -2.76. The van der Waals surface area contributed by atoms with E-state index in [9.17, 15) is 9.59 Å². The maximum atomic E-state index is 13.1. The molecule has 1 saturated heterocycles. The van der Waals surface area contributed by atoms with Gasteiger partial charge in [-0.25, -0.2) is 0 Å². The average molecular weight is 430 g/mol. The van der Waals surface area contributed by atoms with Crippen LogP contribution in [-0.2, 0) is 20.9 Å². The summed E-state index contributed by atoms with van der Waals surface area (Å²) >= 11 is 5.91. The van der Waals surface area contributed by atoms with Crippen molar-refractivity contribution in [1.82, 2.24) is 9.80 Å². The Labute approximate surface area is 177 Å². The van der Waals surface area contributed by atoms with E-state index in [-0.39, 0.29) is 36.9 Å². The number of rotatable bonds is 5. The van der Waals surface area contributed by atoms with E-state index < -0.39 is 11.0 Å². The Bertz CT molecular complexity index is 726. The first-order valence-electron chi connectivity index (χ1n) is 9.41. The summed E-state index contributed by atoms with van der Waals surface area (Å²) in [5.41, 5.74) is 6.07. The van der Waals surface area contributed by atoms with Gasteiger partial charge in [-0.1, -0.05) is 37.6 Å². The molecule has 2 amide bonds. The van der Waals surface area contributed by atoms with Crippen molar-refractivity contribution in [3.63, 3.8) is 0 Å². The molecule has 1 aliphatic carbocycles. The van der Waals surface area contributed by atoms with Crippen LogP contribution >= 0.6 is 24.0 Å². The van der Waals surface area contributed by atoms with E-state index in [1.165, 1.54) is 0 Å². The monoisotopic (exact) mass is 429 g/mol. The number of amides is 2. The van der Waals surface area contributed by atoms with Crippen molar-refractivity contribution in [2.45, 2.75) is 45.4 Å². The number of ether oxygens (including phenoxy) is 1. The maximum absolute atomic E-state index is 13.1. The van der Waals surface area contributed by atoms with E-state index in [1.807, 2.05) is 45.0 Å². The van der Waals surface area contributed by atoms with Crippen LogP contribution in [0.5, 0.6) is 0 Å². The molecular weight excluding hydrogens is 401 g/mol. The zero-order valence-corrected chi connectivity index (χ0v) is 18.2. The van der Waals surface area contributed by atoms with Gasteiger partial charge in [0.15, 0.2) is 0 Å². The Morgan fingerprint density at radius 1 is 1.29 bits per heavy atom. The summed E-state index contributed by atoms with van der Waals surface area (Å²) in [4.78, 5) is 29.0. The topological polar surface area (TPSA) is 75.9 Å². The minimum absolute atomic E-state index is 0. The minimum atomic E-state index is -0.981. The van der Waals surface area contributed by atoms with Crippen LogP contribution in [-0.4, -0.2) is 59.5 Å². The normalized spacial score (nSPS) is 26.5. The first-order chi connectivity index (χ1) is 12.7.